The molecule has 1 saturated carbocycles. The summed E-state index contributed by atoms with van der Waals surface area (Å²) in [7, 11) is 3.98. The molecule has 2 unspecified atom stereocenters. The monoisotopic (exact) mass is 267 g/mol. The first-order valence-corrected chi connectivity index (χ1v) is 6.78. The van der Waals surface area contributed by atoms with Gasteiger partial charge in [0.05, 0.1) is 11.8 Å². The number of hydrogen-bond donors (Lipinski definition) is 1. The van der Waals surface area contributed by atoms with Gasteiger partial charge in [0.25, 0.3) is 0 Å². The molecule has 6 heteroatoms. The van der Waals surface area contributed by atoms with Crippen LogP contribution in [-0.4, -0.2) is 46.8 Å². The molecule has 1 heterocycles. The number of likely N-dealkylation sites (N-methyl/N-ethyl adjacent to an activating group) is 1. The smallest absolute Gasteiger partial charge is 0.307 e. The third kappa shape index (κ3) is 3.53. The van der Waals surface area contributed by atoms with Crippen LogP contribution in [0, 0.1) is 5.92 Å². The van der Waals surface area contributed by atoms with Gasteiger partial charge in [-0.2, -0.15) is 4.98 Å². The Balaban J connectivity index is 2.05. The quantitative estimate of drug-likeness (QED) is 0.871. The SMILES string of the molecule is CN(C)CCc1noc(C2CCCCC2C(=O)O)n1. The number of aromatic nitrogens is 2. The Morgan fingerprint density at radius 1 is 1.42 bits per heavy atom. The molecule has 0 aromatic carbocycles. The normalized spacial score (nSPS) is 23.7. The van der Waals surface area contributed by atoms with E-state index in [0.29, 0.717) is 18.1 Å². The second-order valence-corrected chi connectivity index (χ2v) is 5.44. The molecule has 6 nitrogen and oxygen atoms in total. The molecule has 2 atom stereocenters. The molecule has 1 N–H and O–H groups in total. The van der Waals surface area contributed by atoms with E-state index in [-0.39, 0.29) is 11.8 Å². The molecule has 1 aliphatic carbocycles. The average Bonchev–Trinajstić information content (AvgIpc) is 2.85. The van der Waals surface area contributed by atoms with Gasteiger partial charge >= 0.3 is 5.97 Å². The maximum atomic E-state index is 11.3. The van der Waals surface area contributed by atoms with Crippen molar-refractivity contribution >= 4 is 5.97 Å². The van der Waals surface area contributed by atoms with Gasteiger partial charge in [-0.05, 0) is 26.9 Å². The molecule has 0 spiro atoms. The van der Waals surface area contributed by atoms with Gasteiger partial charge in [0.1, 0.15) is 0 Å². The Labute approximate surface area is 112 Å². The van der Waals surface area contributed by atoms with Crippen LogP contribution in [0.15, 0.2) is 4.52 Å². The zero-order valence-electron chi connectivity index (χ0n) is 11.5. The van der Waals surface area contributed by atoms with Gasteiger partial charge in [-0.15, -0.1) is 0 Å². The Hall–Kier alpha value is -1.43. The van der Waals surface area contributed by atoms with Gasteiger partial charge in [-0.3, -0.25) is 4.79 Å². The summed E-state index contributed by atoms with van der Waals surface area (Å²) in [5.74, 6) is -0.0836. The summed E-state index contributed by atoms with van der Waals surface area (Å²) in [6, 6.07) is 0. The van der Waals surface area contributed by atoms with Crippen LogP contribution in [0.3, 0.4) is 0 Å². The maximum absolute atomic E-state index is 11.3. The van der Waals surface area contributed by atoms with Crippen LogP contribution in [-0.2, 0) is 11.2 Å². The van der Waals surface area contributed by atoms with Crippen molar-refractivity contribution in [3.63, 3.8) is 0 Å². The highest BCUT2D eigenvalue weighted by Gasteiger charge is 2.35. The minimum absolute atomic E-state index is 0.119. The van der Waals surface area contributed by atoms with Crippen molar-refractivity contribution in [2.24, 2.45) is 5.92 Å². The topological polar surface area (TPSA) is 79.5 Å². The minimum atomic E-state index is -0.752. The third-order valence-corrected chi connectivity index (χ3v) is 3.67. The van der Waals surface area contributed by atoms with Gasteiger partial charge in [-0.25, -0.2) is 0 Å². The highest BCUT2D eigenvalue weighted by atomic mass is 16.5. The third-order valence-electron chi connectivity index (χ3n) is 3.67. The second kappa shape index (κ2) is 6.14. The fraction of sp³-hybridized carbons (Fsp3) is 0.769. The Morgan fingerprint density at radius 3 is 2.84 bits per heavy atom. The molecule has 1 aliphatic rings. The number of nitrogens with zero attached hydrogens (tertiary/aromatic N) is 3. The first-order valence-electron chi connectivity index (χ1n) is 6.78. The number of rotatable bonds is 5. The van der Waals surface area contributed by atoms with E-state index in [9.17, 15) is 9.90 Å². The van der Waals surface area contributed by atoms with Gasteiger partial charge in [-0.1, -0.05) is 18.0 Å². The number of carboxylic acid groups (broad SMARTS) is 1. The van der Waals surface area contributed by atoms with Crippen LogP contribution in [0.5, 0.6) is 0 Å². The Morgan fingerprint density at radius 2 is 2.16 bits per heavy atom. The molecular weight excluding hydrogens is 246 g/mol. The Bertz CT molecular complexity index is 431. The molecule has 19 heavy (non-hydrogen) atoms. The van der Waals surface area contributed by atoms with E-state index in [2.05, 4.69) is 15.0 Å². The van der Waals surface area contributed by atoms with Crippen molar-refractivity contribution in [2.45, 2.75) is 38.0 Å². The molecule has 106 valence electrons. The average molecular weight is 267 g/mol. The largest absolute Gasteiger partial charge is 0.481 e. The summed E-state index contributed by atoms with van der Waals surface area (Å²) in [4.78, 5) is 17.7. The molecular formula is C13H21N3O3. The first-order chi connectivity index (χ1) is 9.08. The molecule has 0 saturated heterocycles. The van der Waals surface area contributed by atoms with E-state index in [1.165, 1.54) is 0 Å². The molecule has 0 aliphatic heterocycles. The van der Waals surface area contributed by atoms with Crippen molar-refractivity contribution in [3.05, 3.63) is 11.7 Å². The summed E-state index contributed by atoms with van der Waals surface area (Å²) in [6.45, 7) is 0.853. The van der Waals surface area contributed by atoms with Crippen LogP contribution in [0.1, 0.15) is 43.3 Å². The molecule has 0 amide bonds. The second-order valence-electron chi connectivity index (χ2n) is 5.44. The van der Waals surface area contributed by atoms with Crippen LogP contribution in [0.25, 0.3) is 0 Å². The fourth-order valence-corrected chi connectivity index (χ4v) is 2.57. The van der Waals surface area contributed by atoms with Crippen LogP contribution in [0.4, 0.5) is 0 Å². The van der Waals surface area contributed by atoms with E-state index >= 15 is 0 Å². The predicted molar refractivity (Wildman–Crippen MR) is 68.9 cm³/mol. The van der Waals surface area contributed by atoms with Gasteiger partial charge in [0, 0.05) is 13.0 Å². The lowest BCUT2D eigenvalue weighted by atomic mass is 9.79. The van der Waals surface area contributed by atoms with Crippen LogP contribution in [0.2, 0.25) is 0 Å². The van der Waals surface area contributed by atoms with E-state index in [4.69, 9.17) is 4.52 Å². The first kappa shape index (κ1) is 14.0. The fourth-order valence-electron chi connectivity index (χ4n) is 2.57. The lowest BCUT2D eigenvalue weighted by molar-refractivity contribution is -0.143. The molecule has 1 aromatic rings. The van der Waals surface area contributed by atoms with E-state index in [0.717, 1.165) is 32.2 Å². The van der Waals surface area contributed by atoms with Crippen molar-refractivity contribution in [3.8, 4) is 0 Å². The van der Waals surface area contributed by atoms with E-state index < -0.39 is 5.97 Å². The van der Waals surface area contributed by atoms with Crippen molar-refractivity contribution in [1.82, 2.24) is 15.0 Å². The van der Waals surface area contributed by atoms with Gasteiger partial charge in [0.2, 0.25) is 5.89 Å². The summed E-state index contributed by atoms with van der Waals surface area (Å²) >= 11 is 0. The summed E-state index contributed by atoms with van der Waals surface area (Å²) in [5.41, 5.74) is 0. The zero-order valence-corrected chi connectivity index (χ0v) is 11.5. The van der Waals surface area contributed by atoms with Gasteiger partial charge in [0.15, 0.2) is 5.82 Å². The maximum Gasteiger partial charge on any atom is 0.307 e. The van der Waals surface area contributed by atoms with Crippen LogP contribution < -0.4 is 0 Å². The van der Waals surface area contributed by atoms with Crippen LogP contribution >= 0.6 is 0 Å². The summed E-state index contributed by atoms with van der Waals surface area (Å²) in [6.07, 6.45) is 4.25. The molecule has 0 radical (unpaired) electrons. The molecule has 2 rings (SSSR count). The lowest BCUT2D eigenvalue weighted by Crippen LogP contribution is -2.25. The van der Waals surface area contributed by atoms with Gasteiger partial charge < -0.3 is 14.5 Å². The van der Waals surface area contributed by atoms with Crippen molar-refractivity contribution in [2.75, 3.05) is 20.6 Å². The zero-order chi connectivity index (χ0) is 13.8. The standard InChI is InChI=1S/C13H21N3O3/c1-16(2)8-7-11-14-12(19-15-11)9-5-3-4-6-10(9)13(17)18/h9-10H,3-8H2,1-2H3,(H,17,18). The number of carbonyl (C=O) groups is 1. The van der Waals surface area contributed by atoms with E-state index in [1.54, 1.807) is 0 Å². The summed E-state index contributed by atoms with van der Waals surface area (Å²) < 4.78 is 5.27. The minimum Gasteiger partial charge on any atom is -0.481 e. The highest BCUT2D eigenvalue weighted by Crippen LogP contribution is 2.37. The summed E-state index contributed by atoms with van der Waals surface area (Å²) in [5, 5.41) is 13.2. The molecule has 0 bridgehead atoms. The predicted octanol–water partition coefficient (Wildman–Crippen LogP) is 1.53. The Kier molecular flexibility index (Phi) is 4.52. The molecule has 1 fully saturated rings. The molecule has 1 aromatic heterocycles. The number of hydrogen-bond acceptors (Lipinski definition) is 5. The number of carboxylic acids is 1. The van der Waals surface area contributed by atoms with Crippen molar-refractivity contribution in [1.29, 1.82) is 0 Å². The van der Waals surface area contributed by atoms with Crippen molar-refractivity contribution < 1.29 is 14.4 Å². The number of aliphatic carboxylic acids is 1. The highest BCUT2D eigenvalue weighted by molar-refractivity contribution is 5.71. The van der Waals surface area contributed by atoms with E-state index in [1.807, 2.05) is 14.1 Å². The lowest BCUT2D eigenvalue weighted by Gasteiger charge is -2.25.